The fraction of sp³-hybridized carbons (Fsp3) is 0.600. The molecule has 2 rings (SSSR count). The highest BCUT2D eigenvalue weighted by Crippen LogP contribution is 2.06. The summed E-state index contributed by atoms with van der Waals surface area (Å²) in [6.07, 6.45) is 0. The minimum absolute atomic E-state index is 0.0808. The van der Waals surface area contributed by atoms with E-state index in [2.05, 4.69) is 29.7 Å². The molecule has 1 aliphatic rings. The van der Waals surface area contributed by atoms with Crippen LogP contribution in [0.15, 0.2) is 30.3 Å². The third-order valence-corrected chi connectivity index (χ3v) is 4.72. The zero-order chi connectivity index (χ0) is 19.2. The number of nitrogens with two attached hydrogens (primary N) is 1. The maximum Gasteiger partial charge on any atom is 0.278 e. The topological polar surface area (TPSA) is 70.5 Å². The van der Waals surface area contributed by atoms with E-state index < -0.39 is 0 Å². The first-order chi connectivity index (χ1) is 12.2. The van der Waals surface area contributed by atoms with E-state index in [1.54, 1.807) is 0 Å². The summed E-state index contributed by atoms with van der Waals surface area (Å²) in [5.74, 6) is 0.267. The van der Waals surface area contributed by atoms with Crippen molar-refractivity contribution in [1.29, 1.82) is 0 Å². The van der Waals surface area contributed by atoms with Crippen LogP contribution in [0.3, 0.4) is 0 Å². The van der Waals surface area contributed by atoms with E-state index in [9.17, 15) is 9.59 Å². The molecule has 1 aromatic carbocycles. The number of piperazine rings is 1. The van der Waals surface area contributed by atoms with Crippen molar-refractivity contribution in [3.63, 3.8) is 0 Å². The van der Waals surface area contributed by atoms with Crippen LogP contribution in [0.25, 0.3) is 0 Å². The van der Waals surface area contributed by atoms with Gasteiger partial charge in [0.05, 0.1) is 26.2 Å². The number of hydrogen-bond donors (Lipinski definition) is 3. The van der Waals surface area contributed by atoms with Gasteiger partial charge >= 0.3 is 0 Å². The lowest BCUT2D eigenvalue weighted by atomic mass is 10.1. The molecule has 0 unspecified atom stereocenters. The first-order valence-corrected chi connectivity index (χ1v) is 9.55. The van der Waals surface area contributed by atoms with Gasteiger partial charge in [-0.25, -0.2) is 0 Å². The average molecular weight is 363 g/mol. The molecule has 0 aromatic heterocycles. The van der Waals surface area contributed by atoms with Crippen LogP contribution in [-0.2, 0) is 9.59 Å². The van der Waals surface area contributed by atoms with E-state index in [4.69, 9.17) is 0 Å². The van der Waals surface area contributed by atoms with Gasteiger partial charge in [0.2, 0.25) is 0 Å². The molecule has 0 aliphatic carbocycles. The van der Waals surface area contributed by atoms with Gasteiger partial charge in [-0.2, -0.15) is 0 Å². The van der Waals surface area contributed by atoms with Crippen molar-refractivity contribution in [3.05, 3.63) is 35.9 Å². The Bertz CT molecular complexity index is 590. The Balaban J connectivity index is 1.70. The van der Waals surface area contributed by atoms with Crippen molar-refractivity contribution in [2.24, 2.45) is 0 Å². The minimum Gasteiger partial charge on any atom is -0.347 e. The molecule has 1 aromatic rings. The summed E-state index contributed by atoms with van der Waals surface area (Å²) in [6, 6.07) is 10.5. The smallest absolute Gasteiger partial charge is 0.278 e. The van der Waals surface area contributed by atoms with Crippen molar-refractivity contribution in [2.75, 3.05) is 39.3 Å². The van der Waals surface area contributed by atoms with Crippen LogP contribution < -0.4 is 15.5 Å². The number of rotatable bonds is 6. The second kappa shape index (κ2) is 9.14. The predicted molar refractivity (Wildman–Crippen MR) is 102 cm³/mol. The van der Waals surface area contributed by atoms with Crippen molar-refractivity contribution in [3.8, 4) is 0 Å². The van der Waals surface area contributed by atoms with Gasteiger partial charge in [0.15, 0.2) is 13.1 Å². The molecule has 1 fully saturated rings. The summed E-state index contributed by atoms with van der Waals surface area (Å²) in [7, 11) is 0. The molecule has 26 heavy (non-hydrogen) atoms. The van der Waals surface area contributed by atoms with Crippen molar-refractivity contribution < 1.29 is 19.8 Å². The van der Waals surface area contributed by atoms with Crippen LogP contribution in [0, 0.1) is 0 Å². The van der Waals surface area contributed by atoms with Crippen molar-refractivity contribution >= 4 is 11.8 Å². The summed E-state index contributed by atoms with van der Waals surface area (Å²) in [4.78, 5) is 27.7. The summed E-state index contributed by atoms with van der Waals surface area (Å²) < 4.78 is 0. The van der Waals surface area contributed by atoms with Crippen LogP contribution >= 0.6 is 0 Å². The Kier molecular flexibility index (Phi) is 7.17. The number of nitrogens with one attached hydrogen (secondary N) is 2. The summed E-state index contributed by atoms with van der Waals surface area (Å²) >= 11 is 0. The molecule has 0 radical (unpaired) electrons. The van der Waals surface area contributed by atoms with E-state index in [1.165, 1.54) is 10.5 Å². The molecular weight excluding hydrogens is 328 g/mol. The normalized spacial score (nSPS) is 17.0. The first-order valence-electron chi connectivity index (χ1n) is 9.55. The molecule has 1 heterocycles. The third-order valence-electron chi connectivity index (χ3n) is 4.72. The molecule has 4 N–H and O–H groups in total. The highest BCUT2D eigenvalue weighted by Gasteiger charge is 2.27. The van der Waals surface area contributed by atoms with E-state index in [-0.39, 0.29) is 23.4 Å². The fourth-order valence-corrected chi connectivity index (χ4v) is 3.24. The quantitative estimate of drug-likeness (QED) is 0.605. The third kappa shape index (κ3) is 6.77. The highest BCUT2D eigenvalue weighted by molar-refractivity contribution is 5.78. The Labute approximate surface area is 156 Å². The SMILES string of the molecule is C[C@H]([NH2+]CC(=O)N1CC[NH+](CC(=O)NC(C)(C)C)CC1)c1ccccc1. The molecule has 0 spiro atoms. The molecule has 6 nitrogen and oxygen atoms in total. The van der Waals surface area contributed by atoms with Gasteiger partial charge in [-0.1, -0.05) is 30.3 Å². The van der Waals surface area contributed by atoms with Crippen LogP contribution in [0.2, 0.25) is 0 Å². The molecule has 1 saturated heterocycles. The van der Waals surface area contributed by atoms with Crippen molar-refractivity contribution in [2.45, 2.75) is 39.3 Å². The highest BCUT2D eigenvalue weighted by atomic mass is 16.2. The summed E-state index contributed by atoms with van der Waals surface area (Å²) in [5, 5.41) is 5.09. The van der Waals surface area contributed by atoms with Gasteiger partial charge in [0.25, 0.3) is 11.8 Å². The standard InChI is InChI=1S/C20H32N4O2/c1-16(17-8-6-5-7-9-17)21-14-19(26)24-12-10-23(11-13-24)15-18(25)22-20(2,3)4/h5-9,16,21H,10-15H2,1-4H3,(H,22,25)/p+2/t16-/m0/s1. The van der Waals surface area contributed by atoms with E-state index in [0.717, 1.165) is 26.2 Å². The molecule has 2 amide bonds. The Morgan fingerprint density at radius 1 is 1.19 bits per heavy atom. The van der Waals surface area contributed by atoms with Gasteiger partial charge in [-0.3, -0.25) is 9.59 Å². The lowest BCUT2D eigenvalue weighted by molar-refractivity contribution is -0.896. The summed E-state index contributed by atoms with van der Waals surface area (Å²) in [5.41, 5.74) is 1.04. The van der Waals surface area contributed by atoms with Gasteiger partial charge in [-0.05, 0) is 27.7 Å². The molecule has 1 atom stereocenters. The van der Waals surface area contributed by atoms with Gasteiger partial charge < -0.3 is 20.4 Å². The molecule has 6 heteroatoms. The molecule has 0 saturated carbocycles. The molecular formula is C20H34N4O2+2. The number of amides is 2. The number of quaternary nitrogens is 2. The number of carbonyl (C=O) groups is 2. The number of carbonyl (C=O) groups excluding carboxylic acids is 2. The largest absolute Gasteiger partial charge is 0.347 e. The van der Waals surface area contributed by atoms with Crippen LogP contribution in [0.5, 0.6) is 0 Å². The van der Waals surface area contributed by atoms with E-state index in [0.29, 0.717) is 13.1 Å². The van der Waals surface area contributed by atoms with Gasteiger partial charge in [0, 0.05) is 11.1 Å². The number of nitrogens with zero attached hydrogens (tertiary/aromatic N) is 1. The molecule has 1 aliphatic heterocycles. The van der Waals surface area contributed by atoms with E-state index in [1.807, 2.05) is 43.9 Å². The van der Waals surface area contributed by atoms with Crippen LogP contribution in [-0.4, -0.2) is 61.5 Å². The van der Waals surface area contributed by atoms with Gasteiger partial charge in [-0.15, -0.1) is 0 Å². The lowest BCUT2D eigenvalue weighted by Gasteiger charge is -2.32. The van der Waals surface area contributed by atoms with E-state index >= 15 is 0 Å². The molecule has 144 valence electrons. The maximum atomic E-state index is 12.5. The second-order valence-corrected chi connectivity index (χ2v) is 8.24. The van der Waals surface area contributed by atoms with Gasteiger partial charge in [0.1, 0.15) is 6.04 Å². The van der Waals surface area contributed by atoms with Crippen LogP contribution in [0.1, 0.15) is 39.3 Å². The lowest BCUT2D eigenvalue weighted by Crippen LogP contribution is -3.16. The summed E-state index contributed by atoms with van der Waals surface area (Å²) in [6.45, 7) is 12.2. The molecule has 0 bridgehead atoms. The van der Waals surface area contributed by atoms with Crippen LogP contribution in [0.4, 0.5) is 0 Å². The number of benzene rings is 1. The Hall–Kier alpha value is -1.92. The minimum atomic E-state index is -0.195. The Morgan fingerprint density at radius 2 is 1.81 bits per heavy atom. The first kappa shape index (κ1) is 20.4. The maximum absolute atomic E-state index is 12.5. The second-order valence-electron chi connectivity index (χ2n) is 8.24. The van der Waals surface area contributed by atoms with Crippen molar-refractivity contribution in [1.82, 2.24) is 10.2 Å². The zero-order valence-corrected chi connectivity index (χ0v) is 16.5. The number of hydrogen-bond acceptors (Lipinski definition) is 2. The predicted octanol–water partition coefficient (Wildman–Crippen LogP) is -1.05. The zero-order valence-electron chi connectivity index (χ0n) is 16.5. The monoisotopic (exact) mass is 362 g/mol. The Morgan fingerprint density at radius 3 is 2.38 bits per heavy atom. The fourth-order valence-electron chi connectivity index (χ4n) is 3.24. The average Bonchev–Trinajstić information content (AvgIpc) is 2.59.